The largest absolute Gasteiger partial charge is 0.385 e. The van der Waals surface area contributed by atoms with E-state index in [2.05, 4.69) is 30.2 Å². The van der Waals surface area contributed by atoms with Crippen LogP contribution in [0.3, 0.4) is 0 Å². The monoisotopic (exact) mass is 446 g/mol. The highest BCUT2D eigenvalue weighted by Gasteiger charge is 2.15. The molecule has 0 saturated carbocycles. The van der Waals surface area contributed by atoms with Crippen LogP contribution >= 0.6 is 11.3 Å². The van der Waals surface area contributed by atoms with Gasteiger partial charge in [0.25, 0.3) is 5.91 Å². The van der Waals surface area contributed by atoms with Crippen LogP contribution in [0.25, 0.3) is 32.6 Å². The summed E-state index contributed by atoms with van der Waals surface area (Å²) in [6, 6.07) is 9.70. The van der Waals surface area contributed by atoms with Crippen LogP contribution in [-0.2, 0) is 4.79 Å². The fourth-order valence-electron chi connectivity index (χ4n) is 3.13. The average molecular weight is 447 g/mol. The highest BCUT2D eigenvalue weighted by atomic mass is 32.1. The minimum absolute atomic E-state index is 0.260. The van der Waals surface area contributed by atoms with E-state index in [1.54, 1.807) is 18.6 Å². The molecule has 0 bridgehead atoms. The van der Waals surface area contributed by atoms with E-state index in [1.165, 1.54) is 17.6 Å². The van der Waals surface area contributed by atoms with Crippen LogP contribution in [0.2, 0.25) is 0 Å². The Morgan fingerprint density at radius 3 is 2.69 bits per heavy atom. The van der Waals surface area contributed by atoms with Gasteiger partial charge in [-0.15, -0.1) is 0 Å². The van der Waals surface area contributed by atoms with Crippen LogP contribution in [-0.4, -0.2) is 43.7 Å². The Balaban J connectivity index is 1.80. The van der Waals surface area contributed by atoms with Gasteiger partial charge in [0, 0.05) is 36.3 Å². The maximum atomic E-state index is 11.7. The Labute approximate surface area is 189 Å². The Morgan fingerprint density at radius 2 is 2.00 bits per heavy atom. The van der Waals surface area contributed by atoms with Crippen molar-refractivity contribution in [3.05, 3.63) is 54.7 Å². The fourth-order valence-corrected chi connectivity index (χ4v) is 4.05. The predicted octanol–water partition coefficient (Wildman–Crippen LogP) is 4.10. The third-order valence-electron chi connectivity index (χ3n) is 4.75. The van der Waals surface area contributed by atoms with E-state index in [0.717, 1.165) is 32.6 Å². The van der Waals surface area contributed by atoms with Crippen LogP contribution in [0.1, 0.15) is 32.2 Å². The normalized spacial score (nSPS) is 12.3. The SMILES string of the molecule is CCNC(=O)C=Nc1nc2cc(-c3cnc(C(O)CC)nc3)cc(-c3ccccn3)c2s1. The minimum atomic E-state index is -0.681. The average Bonchev–Trinajstić information content (AvgIpc) is 3.25. The summed E-state index contributed by atoms with van der Waals surface area (Å²) in [5, 5.41) is 13.1. The number of carbonyl (C=O) groups excluding carboxylic acids is 1. The summed E-state index contributed by atoms with van der Waals surface area (Å²) in [4.78, 5) is 33.7. The molecule has 2 N–H and O–H groups in total. The van der Waals surface area contributed by atoms with Gasteiger partial charge in [-0.2, -0.15) is 0 Å². The van der Waals surface area contributed by atoms with E-state index >= 15 is 0 Å². The molecule has 0 aliphatic heterocycles. The molecule has 1 aromatic carbocycles. The molecular weight excluding hydrogens is 424 g/mol. The Kier molecular flexibility index (Phi) is 6.58. The molecule has 3 heterocycles. The van der Waals surface area contributed by atoms with Crippen molar-refractivity contribution in [1.82, 2.24) is 25.3 Å². The molecule has 0 aliphatic rings. The maximum absolute atomic E-state index is 11.7. The quantitative estimate of drug-likeness (QED) is 0.413. The number of benzene rings is 1. The lowest BCUT2D eigenvalue weighted by Crippen LogP contribution is -2.23. The zero-order chi connectivity index (χ0) is 22.5. The van der Waals surface area contributed by atoms with Crippen LogP contribution < -0.4 is 5.32 Å². The number of aromatic nitrogens is 4. The maximum Gasteiger partial charge on any atom is 0.262 e. The van der Waals surface area contributed by atoms with E-state index in [9.17, 15) is 9.90 Å². The number of hydrogen-bond acceptors (Lipinski definition) is 8. The van der Waals surface area contributed by atoms with Crippen LogP contribution in [0, 0.1) is 0 Å². The number of rotatable bonds is 7. The van der Waals surface area contributed by atoms with Crippen molar-refractivity contribution in [2.45, 2.75) is 26.4 Å². The van der Waals surface area contributed by atoms with Gasteiger partial charge >= 0.3 is 0 Å². The summed E-state index contributed by atoms with van der Waals surface area (Å²) < 4.78 is 0.925. The summed E-state index contributed by atoms with van der Waals surface area (Å²) in [5.74, 6) is 0.141. The number of carbonyl (C=O) groups is 1. The van der Waals surface area contributed by atoms with Crippen LogP contribution in [0.5, 0.6) is 0 Å². The minimum Gasteiger partial charge on any atom is -0.385 e. The molecule has 0 aliphatic carbocycles. The van der Waals surface area contributed by atoms with Crippen molar-refractivity contribution in [2.75, 3.05) is 6.54 Å². The zero-order valence-corrected chi connectivity index (χ0v) is 18.5. The highest BCUT2D eigenvalue weighted by Crippen LogP contribution is 2.38. The molecule has 9 heteroatoms. The van der Waals surface area contributed by atoms with Gasteiger partial charge in [-0.1, -0.05) is 24.3 Å². The molecule has 162 valence electrons. The number of aliphatic hydroxyl groups is 1. The lowest BCUT2D eigenvalue weighted by atomic mass is 10.0. The molecule has 0 fully saturated rings. The number of nitrogens with zero attached hydrogens (tertiary/aromatic N) is 5. The van der Waals surface area contributed by atoms with Gasteiger partial charge in [0.1, 0.15) is 6.10 Å². The van der Waals surface area contributed by atoms with E-state index in [0.29, 0.717) is 23.9 Å². The summed E-state index contributed by atoms with van der Waals surface area (Å²) in [5.41, 5.74) is 4.14. The first-order valence-corrected chi connectivity index (χ1v) is 11.1. The topological polar surface area (TPSA) is 113 Å². The van der Waals surface area contributed by atoms with Crippen LogP contribution in [0.4, 0.5) is 5.13 Å². The molecule has 0 radical (unpaired) electrons. The van der Waals surface area contributed by atoms with E-state index in [-0.39, 0.29) is 5.91 Å². The van der Waals surface area contributed by atoms with Crippen molar-refractivity contribution in [1.29, 1.82) is 0 Å². The van der Waals surface area contributed by atoms with Crippen molar-refractivity contribution in [2.24, 2.45) is 4.99 Å². The van der Waals surface area contributed by atoms with Gasteiger partial charge in [-0.3, -0.25) is 9.78 Å². The van der Waals surface area contributed by atoms with Crippen molar-refractivity contribution in [3.63, 3.8) is 0 Å². The molecular formula is C23H22N6O2S. The molecule has 32 heavy (non-hydrogen) atoms. The number of fused-ring (bicyclic) bond motifs is 1. The first-order chi connectivity index (χ1) is 15.6. The summed E-state index contributed by atoms with van der Waals surface area (Å²) in [6.07, 6.45) is 6.25. The van der Waals surface area contributed by atoms with Gasteiger partial charge in [-0.05, 0) is 43.2 Å². The second kappa shape index (κ2) is 9.71. The van der Waals surface area contributed by atoms with E-state index in [1.807, 2.05) is 44.2 Å². The van der Waals surface area contributed by atoms with Crippen molar-refractivity contribution < 1.29 is 9.90 Å². The second-order valence-electron chi connectivity index (χ2n) is 6.99. The molecule has 1 atom stereocenters. The molecule has 0 saturated heterocycles. The van der Waals surface area contributed by atoms with Crippen LogP contribution in [0.15, 0.2) is 53.9 Å². The molecule has 4 aromatic rings. The third-order valence-corrected chi connectivity index (χ3v) is 5.77. The highest BCUT2D eigenvalue weighted by molar-refractivity contribution is 7.22. The predicted molar refractivity (Wildman–Crippen MR) is 126 cm³/mol. The van der Waals surface area contributed by atoms with Gasteiger partial charge < -0.3 is 10.4 Å². The summed E-state index contributed by atoms with van der Waals surface area (Å²) in [6.45, 7) is 4.26. The second-order valence-corrected chi connectivity index (χ2v) is 7.97. The van der Waals surface area contributed by atoms with E-state index < -0.39 is 6.10 Å². The molecule has 8 nitrogen and oxygen atoms in total. The van der Waals surface area contributed by atoms with Crippen molar-refractivity contribution in [3.8, 4) is 22.4 Å². The number of pyridine rings is 1. The summed E-state index contributed by atoms with van der Waals surface area (Å²) in [7, 11) is 0. The Hall–Kier alpha value is -3.56. The van der Waals surface area contributed by atoms with Gasteiger partial charge in [-0.25, -0.2) is 19.9 Å². The fraction of sp³-hybridized carbons (Fsp3) is 0.217. The van der Waals surface area contributed by atoms with E-state index in [4.69, 9.17) is 0 Å². The molecule has 1 unspecified atom stereocenters. The lowest BCUT2D eigenvalue weighted by Gasteiger charge is -2.09. The number of aliphatic hydroxyl groups excluding tert-OH is 1. The molecule has 4 rings (SSSR count). The number of aliphatic imine (C=N–C) groups is 1. The van der Waals surface area contributed by atoms with Gasteiger partial charge in [0.2, 0.25) is 5.13 Å². The molecule has 3 aromatic heterocycles. The van der Waals surface area contributed by atoms with Gasteiger partial charge in [0.05, 0.1) is 22.1 Å². The number of nitrogens with one attached hydrogen (secondary N) is 1. The molecule has 1 amide bonds. The Bertz CT molecular complexity index is 1250. The van der Waals surface area contributed by atoms with Gasteiger partial charge in [0.15, 0.2) is 5.82 Å². The number of thiazole rings is 1. The smallest absolute Gasteiger partial charge is 0.262 e. The lowest BCUT2D eigenvalue weighted by molar-refractivity contribution is -0.114. The summed E-state index contributed by atoms with van der Waals surface area (Å²) >= 11 is 1.40. The molecule has 0 spiro atoms. The first kappa shape index (κ1) is 21.7. The third kappa shape index (κ3) is 4.68. The number of amides is 1. The zero-order valence-electron chi connectivity index (χ0n) is 17.7. The Morgan fingerprint density at radius 1 is 1.19 bits per heavy atom. The first-order valence-electron chi connectivity index (χ1n) is 10.3. The standard InChI is InChI=1S/C23H22N6O2S/c1-3-19(30)22-26-11-15(12-27-22)14-9-16(17-7-5-6-8-25-17)21-18(10-14)29-23(32-21)28-13-20(31)24-4-2/h5-13,19,30H,3-4H2,1-2H3,(H,24,31). The number of hydrogen-bond donors (Lipinski definition) is 2. The van der Waals surface area contributed by atoms with Crippen molar-refractivity contribution >= 4 is 38.8 Å².